The molecule has 4 rings (SSSR count). The van der Waals surface area contributed by atoms with Crippen LogP contribution in [0.2, 0.25) is 10.0 Å². The number of carbonyl (C=O) groups is 2. The summed E-state index contributed by atoms with van der Waals surface area (Å²) in [5.41, 5.74) is 7.08. The molecule has 1 atom stereocenters. The first-order chi connectivity index (χ1) is 19.0. The number of halogens is 2. The average Bonchev–Trinajstić information content (AvgIpc) is 2.91. The number of fused-ring (bicyclic) bond motifs is 1. The highest BCUT2D eigenvalue weighted by Gasteiger charge is 2.26. The number of aromatic nitrogens is 2. The zero-order valence-electron chi connectivity index (χ0n) is 22.1. The Labute approximate surface area is 240 Å². The van der Waals surface area contributed by atoms with Gasteiger partial charge in [-0.2, -0.15) is 0 Å². The van der Waals surface area contributed by atoms with Gasteiger partial charge in [-0.1, -0.05) is 47.5 Å². The summed E-state index contributed by atoms with van der Waals surface area (Å²) >= 11 is 12.3. The van der Waals surface area contributed by atoms with Crippen LogP contribution in [0, 0.1) is 0 Å². The molecule has 0 aliphatic carbocycles. The maximum atomic E-state index is 13.3. The number of nitrogens with two attached hydrogens (primary N) is 1. The predicted molar refractivity (Wildman–Crippen MR) is 155 cm³/mol. The van der Waals surface area contributed by atoms with Crippen molar-refractivity contribution < 1.29 is 14.3 Å². The van der Waals surface area contributed by atoms with Crippen LogP contribution >= 0.6 is 23.2 Å². The lowest BCUT2D eigenvalue weighted by Gasteiger charge is -2.20. The molecule has 0 unspecified atom stereocenters. The Morgan fingerprint density at radius 2 is 1.60 bits per heavy atom. The molecule has 4 aromatic rings. The topological polar surface area (TPSA) is 125 Å². The van der Waals surface area contributed by atoms with E-state index >= 15 is 0 Å². The van der Waals surface area contributed by atoms with E-state index in [-0.39, 0.29) is 28.6 Å². The lowest BCUT2D eigenvalue weighted by Crippen LogP contribution is -2.44. The van der Waals surface area contributed by atoms with Crippen LogP contribution in [0.3, 0.4) is 0 Å². The van der Waals surface area contributed by atoms with Gasteiger partial charge in [0.15, 0.2) is 0 Å². The predicted octanol–water partition coefficient (Wildman–Crippen LogP) is 3.75. The summed E-state index contributed by atoms with van der Waals surface area (Å²) in [6, 6.07) is 15.3. The molecule has 3 N–H and O–H groups in total. The molecule has 3 aromatic carbocycles. The van der Waals surface area contributed by atoms with E-state index in [4.69, 9.17) is 33.7 Å². The molecule has 1 aromatic heterocycles. The Hall–Kier alpha value is -3.92. The average molecular weight is 583 g/mol. The largest absolute Gasteiger partial charge is 0.461 e. The highest BCUT2D eigenvalue weighted by Crippen LogP contribution is 2.24. The number of esters is 1. The van der Waals surface area contributed by atoms with Crippen molar-refractivity contribution in [2.75, 3.05) is 0 Å². The number of ether oxygens (including phenoxy) is 1. The van der Waals surface area contributed by atoms with Gasteiger partial charge in [-0.25, -0.2) is 14.2 Å². The molecule has 0 bridgehead atoms. The lowest BCUT2D eigenvalue weighted by atomic mass is 10.0. The smallest absolute Gasteiger partial charge is 0.335 e. The van der Waals surface area contributed by atoms with Crippen molar-refractivity contribution in [1.82, 2.24) is 14.5 Å². The van der Waals surface area contributed by atoms with E-state index < -0.39 is 35.3 Å². The Balaban J connectivity index is 1.66. The molecule has 1 heterocycles. The van der Waals surface area contributed by atoms with Gasteiger partial charge in [0, 0.05) is 20.0 Å². The first kappa shape index (κ1) is 29.1. The van der Waals surface area contributed by atoms with Gasteiger partial charge < -0.3 is 15.8 Å². The Kier molecular flexibility index (Phi) is 8.78. The molecule has 0 aliphatic rings. The Bertz CT molecular complexity index is 1690. The van der Waals surface area contributed by atoms with E-state index in [0.717, 1.165) is 10.1 Å². The van der Waals surface area contributed by atoms with E-state index in [9.17, 15) is 19.2 Å². The summed E-state index contributed by atoms with van der Waals surface area (Å²) in [7, 11) is 1.59. The fraction of sp³-hybridized carbons (Fsp3) is 0.241. The molecule has 0 radical (unpaired) electrons. The van der Waals surface area contributed by atoms with Crippen molar-refractivity contribution in [1.29, 1.82) is 0 Å². The quantitative estimate of drug-likeness (QED) is 0.305. The van der Waals surface area contributed by atoms with E-state index in [0.29, 0.717) is 22.2 Å². The van der Waals surface area contributed by atoms with Gasteiger partial charge in [0.2, 0.25) is 0 Å². The third-order valence-corrected chi connectivity index (χ3v) is 6.97. The van der Waals surface area contributed by atoms with Crippen molar-refractivity contribution in [3.8, 4) is 5.69 Å². The zero-order valence-corrected chi connectivity index (χ0v) is 23.6. The number of benzene rings is 3. The summed E-state index contributed by atoms with van der Waals surface area (Å²) in [5.74, 6) is -1.26. The Morgan fingerprint density at radius 1 is 0.975 bits per heavy atom. The fourth-order valence-corrected chi connectivity index (χ4v) is 4.90. The first-order valence-electron chi connectivity index (χ1n) is 12.5. The number of hydrogen-bond acceptors (Lipinski definition) is 6. The molecule has 9 nitrogen and oxygen atoms in total. The fourth-order valence-electron chi connectivity index (χ4n) is 4.33. The minimum atomic E-state index is -1.06. The van der Waals surface area contributed by atoms with E-state index in [1.165, 1.54) is 16.7 Å². The van der Waals surface area contributed by atoms with Crippen LogP contribution in [0.25, 0.3) is 16.6 Å². The van der Waals surface area contributed by atoms with Crippen molar-refractivity contribution in [2.24, 2.45) is 12.8 Å². The second-order valence-corrected chi connectivity index (χ2v) is 10.3. The Morgan fingerprint density at radius 3 is 2.20 bits per heavy atom. The highest BCUT2D eigenvalue weighted by molar-refractivity contribution is 6.39. The first-order valence-corrected chi connectivity index (χ1v) is 13.3. The van der Waals surface area contributed by atoms with Crippen molar-refractivity contribution in [2.45, 2.75) is 39.0 Å². The van der Waals surface area contributed by atoms with Gasteiger partial charge in [0.05, 0.1) is 38.3 Å². The maximum absolute atomic E-state index is 13.3. The molecule has 0 fully saturated rings. The van der Waals surface area contributed by atoms with Gasteiger partial charge in [-0.3, -0.25) is 14.2 Å². The van der Waals surface area contributed by atoms with Crippen molar-refractivity contribution in [3.05, 3.63) is 108 Å². The van der Waals surface area contributed by atoms with Crippen LogP contribution < -0.4 is 22.3 Å². The second kappa shape index (κ2) is 12.1. The van der Waals surface area contributed by atoms with Gasteiger partial charge in [0.1, 0.15) is 6.04 Å². The summed E-state index contributed by atoms with van der Waals surface area (Å²) in [6.45, 7) is 3.66. The summed E-state index contributed by atoms with van der Waals surface area (Å²) < 4.78 is 7.84. The normalized spacial score (nSPS) is 12.0. The van der Waals surface area contributed by atoms with E-state index in [1.807, 2.05) is 0 Å². The number of nitrogens with one attached hydrogen (secondary N) is 1. The minimum absolute atomic E-state index is 0.0489. The second-order valence-electron chi connectivity index (χ2n) is 9.52. The van der Waals surface area contributed by atoms with Gasteiger partial charge in [-0.05, 0) is 61.4 Å². The number of aryl methyl sites for hydroxylation is 1. The lowest BCUT2D eigenvalue weighted by molar-refractivity contribution is -0.149. The zero-order chi connectivity index (χ0) is 29.1. The van der Waals surface area contributed by atoms with Crippen LogP contribution in [0.4, 0.5) is 0 Å². The molecule has 11 heteroatoms. The molecule has 0 saturated carbocycles. The molecule has 40 heavy (non-hydrogen) atoms. The molecule has 208 valence electrons. The van der Waals surface area contributed by atoms with Crippen LogP contribution in [-0.4, -0.2) is 33.2 Å². The number of carbonyl (C=O) groups excluding carboxylic acids is 2. The maximum Gasteiger partial charge on any atom is 0.335 e. The van der Waals surface area contributed by atoms with Gasteiger partial charge in [0.25, 0.3) is 11.5 Å². The third-order valence-electron chi connectivity index (χ3n) is 6.34. The van der Waals surface area contributed by atoms with Gasteiger partial charge in [-0.15, -0.1) is 0 Å². The third kappa shape index (κ3) is 5.96. The molecule has 0 saturated heterocycles. The summed E-state index contributed by atoms with van der Waals surface area (Å²) in [6.07, 6.45) is -0.335. The molecule has 0 aliphatic heterocycles. The van der Waals surface area contributed by atoms with Gasteiger partial charge >= 0.3 is 11.7 Å². The van der Waals surface area contributed by atoms with E-state index in [1.54, 1.807) is 69.4 Å². The van der Waals surface area contributed by atoms with Crippen LogP contribution in [0.15, 0.2) is 70.3 Å². The molecular formula is C29H28Cl2N4O5. The van der Waals surface area contributed by atoms with Crippen LogP contribution in [0.1, 0.15) is 35.3 Å². The molecule has 1 amide bonds. The van der Waals surface area contributed by atoms with Crippen LogP contribution in [0.5, 0.6) is 0 Å². The highest BCUT2D eigenvalue weighted by atomic mass is 35.5. The summed E-state index contributed by atoms with van der Waals surface area (Å²) in [5, 5.41) is 3.33. The minimum Gasteiger partial charge on any atom is -0.461 e. The molecule has 0 spiro atoms. The molecular weight excluding hydrogens is 555 g/mol. The van der Waals surface area contributed by atoms with E-state index in [2.05, 4.69) is 5.32 Å². The standard InChI is InChI=1S/C29H28Cl2N4O5/c1-16(2)40-28(38)23(33-26(36)25-21(30)5-4-6-22(25)31)14-17-7-10-19(11-8-17)35-27(37)20-13-18(15-32)9-12-24(20)34(3)29(35)39/h4-13,16,23H,14-15,32H2,1-3H3,(H,33,36)/t23-/m0/s1. The number of rotatable bonds is 8. The summed E-state index contributed by atoms with van der Waals surface area (Å²) in [4.78, 5) is 52.3. The van der Waals surface area contributed by atoms with Crippen molar-refractivity contribution >= 4 is 46.0 Å². The van der Waals surface area contributed by atoms with Crippen molar-refractivity contribution in [3.63, 3.8) is 0 Å². The monoisotopic (exact) mass is 582 g/mol. The number of nitrogens with zero attached hydrogens (tertiary/aromatic N) is 2. The SMILES string of the molecule is CC(C)OC(=O)[C@H](Cc1ccc(-n2c(=O)c3cc(CN)ccc3n(C)c2=O)cc1)NC(=O)c1c(Cl)cccc1Cl. The number of hydrogen-bond donors (Lipinski definition) is 2. The van der Waals surface area contributed by atoms with Crippen LogP contribution in [-0.2, 0) is 29.5 Å². The number of amides is 1.